The van der Waals surface area contributed by atoms with Crippen LogP contribution in [0.25, 0.3) is 0 Å². The van der Waals surface area contributed by atoms with Crippen LogP contribution < -0.4 is 15.8 Å². The Morgan fingerprint density at radius 2 is 2.29 bits per heavy atom. The summed E-state index contributed by atoms with van der Waals surface area (Å²) in [6.07, 6.45) is 3.61. The molecule has 92 valence electrons. The summed E-state index contributed by atoms with van der Waals surface area (Å²) in [7, 11) is 0. The van der Waals surface area contributed by atoms with Gasteiger partial charge < -0.3 is 15.8 Å². The van der Waals surface area contributed by atoms with Crippen LogP contribution in [0.15, 0.2) is 12.1 Å². The summed E-state index contributed by atoms with van der Waals surface area (Å²) in [5, 5.41) is 2.84. The number of nitrogens with one attached hydrogen (secondary N) is 1. The van der Waals surface area contributed by atoms with E-state index in [0.29, 0.717) is 30.2 Å². The number of benzene rings is 1. The van der Waals surface area contributed by atoms with Gasteiger partial charge in [0.05, 0.1) is 24.4 Å². The van der Waals surface area contributed by atoms with E-state index in [2.05, 4.69) is 12.2 Å². The van der Waals surface area contributed by atoms with Crippen LogP contribution in [-0.2, 0) is 11.2 Å². The first-order chi connectivity index (χ1) is 8.20. The summed E-state index contributed by atoms with van der Waals surface area (Å²) in [4.78, 5) is 11.5. The highest BCUT2D eigenvalue weighted by atomic mass is 16.5. The third kappa shape index (κ3) is 2.70. The topological polar surface area (TPSA) is 64.3 Å². The number of carbonyl (C=O) groups is 1. The van der Waals surface area contributed by atoms with Crippen molar-refractivity contribution in [1.29, 1.82) is 0 Å². The Morgan fingerprint density at radius 1 is 1.47 bits per heavy atom. The molecule has 3 N–H and O–H groups in total. The van der Waals surface area contributed by atoms with Gasteiger partial charge in [0.1, 0.15) is 0 Å². The largest absolute Gasteiger partial charge is 0.489 e. The van der Waals surface area contributed by atoms with Gasteiger partial charge in [0.25, 0.3) is 0 Å². The maximum Gasteiger partial charge on any atom is 0.227 e. The van der Waals surface area contributed by atoms with Gasteiger partial charge in [-0.25, -0.2) is 0 Å². The molecule has 1 aromatic rings. The van der Waals surface area contributed by atoms with Crippen LogP contribution in [0.2, 0.25) is 0 Å². The summed E-state index contributed by atoms with van der Waals surface area (Å²) in [6, 6.07) is 3.90. The van der Waals surface area contributed by atoms with E-state index in [1.807, 2.05) is 12.1 Å². The van der Waals surface area contributed by atoms with Crippen molar-refractivity contribution >= 4 is 17.3 Å². The average molecular weight is 234 g/mol. The summed E-state index contributed by atoms with van der Waals surface area (Å²) < 4.78 is 5.50. The van der Waals surface area contributed by atoms with Crippen LogP contribution >= 0.6 is 0 Å². The van der Waals surface area contributed by atoms with Crippen LogP contribution in [0.1, 0.15) is 31.7 Å². The zero-order valence-corrected chi connectivity index (χ0v) is 10.1. The second-order valence-corrected chi connectivity index (χ2v) is 4.31. The number of rotatable bonds is 3. The number of hydrogen-bond acceptors (Lipinski definition) is 3. The van der Waals surface area contributed by atoms with Crippen LogP contribution in [0.5, 0.6) is 5.75 Å². The molecule has 0 radical (unpaired) electrons. The Kier molecular flexibility index (Phi) is 3.52. The molecule has 1 aliphatic rings. The first-order valence-electron chi connectivity index (χ1n) is 6.05. The van der Waals surface area contributed by atoms with E-state index >= 15 is 0 Å². The fraction of sp³-hybridized carbons (Fsp3) is 0.462. The van der Waals surface area contributed by atoms with Crippen LogP contribution in [0, 0.1) is 0 Å². The molecule has 0 fully saturated rings. The number of amides is 1. The Hall–Kier alpha value is -1.71. The summed E-state index contributed by atoms with van der Waals surface area (Å²) in [5.41, 5.74) is 8.41. The first kappa shape index (κ1) is 11.8. The van der Waals surface area contributed by atoms with Crippen molar-refractivity contribution < 1.29 is 9.53 Å². The first-order valence-corrected chi connectivity index (χ1v) is 6.05. The Balaban J connectivity index is 2.30. The predicted octanol–water partition coefficient (Wildman–Crippen LogP) is 2.33. The molecule has 4 nitrogen and oxygen atoms in total. The molecule has 0 aliphatic carbocycles. The fourth-order valence-electron chi connectivity index (χ4n) is 1.95. The van der Waals surface area contributed by atoms with Crippen LogP contribution in [0.3, 0.4) is 0 Å². The van der Waals surface area contributed by atoms with E-state index in [9.17, 15) is 4.79 Å². The van der Waals surface area contributed by atoms with E-state index in [1.165, 1.54) is 0 Å². The lowest BCUT2D eigenvalue weighted by Crippen LogP contribution is -2.10. The maximum atomic E-state index is 11.5. The minimum atomic E-state index is -0.0178. The van der Waals surface area contributed by atoms with Crippen LogP contribution in [-0.4, -0.2) is 12.5 Å². The van der Waals surface area contributed by atoms with E-state index in [0.717, 1.165) is 24.8 Å². The Labute approximate surface area is 101 Å². The lowest BCUT2D eigenvalue weighted by molar-refractivity contribution is -0.116. The fourth-order valence-corrected chi connectivity index (χ4v) is 1.95. The van der Waals surface area contributed by atoms with Gasteiger partial charge in [0, 0.05) is 0 Å². The van der Waals surface area contributed by atoms with Crippen molar-refractivity contribution in [3.63, 3.8) is 0 Å². The van der Waals surface area contributed by atoms with Gasteiger partial charge in [-0.1, -0.05) is 13.3 Å². The SMILES string of the molecule is CCCCc1cc(N)c2c(c1)NC(=O)CCO2. The van der Waals surface area contributed by atoms with Gasteiger partial charge in [0.15, 0.2) is 5.75 Å². The molecule has 0 atom stereocenters. The molecule has 4 heteroatoms. The highest BCUT2D eigenvalue weighted by molar-refractivity contribution is 5.94. The molecular formula is C13H18N2O2. The van der Waals surface area contributed by atoms with Crippen molar-refractivity contribution in [2.75, 3.05) is 17.7 Å². The minimum absolute atomic E-state index is 0.0178. The van der Waals surface area contributed by atoms with Gasteiger partial charge in [-0.15, -0.1) is 0 Å². The second-order valence-electron chi connectivity index (χ2n) is 4.31. The lowest BCUT2D eigenvalue weighted by atomic mass is 10.1. The standard InChI is InChI=1S/C13H18N2O2/c1-2-3-4-9-7-10(14)13-11(8-9)15-12(16)5-6-17-13/h7-8H,2-6,14H2,1H3,(H,15,16). The third-order valence-electron chi connectivity index (χ3n) is 2.85. The van der Waals surface area contributed by atoms with Crippen molar-refractivity contribution in [2.45, 2.75) is 32.6 Å². The molecule has 17 heavy (non-hydrogen) atoms. The summed E-state index contributed by atoms with van der Waals surface area (Å²) >= 11 is 0. The molecule has 0 unspecified atom stereocenters. The van der Waals surface area contributed by atoms with Crippen molar-refractivity contribution in [1.82, 2.24) is 0 Å². The van der Waals surface area contributed by atoms with Gasteiger partial charge in [-0.05, 0) is 30.5 Å². The molecule has 1 amide bonds. The number of fused-ring (bicyclic) bond motifs is 1. The van der Waals surface area contributed by atoms with E-state index in [-0.39, 0.29) is 5.91 Å². The number of nitrogen functional groups attached to an aromatic ring is 1. The number of hydrogen-bond donors (Lipinski definition) is 2. The number of anilines is 2. The molecule has 0 aromatic heterocycles. The smallest absolute Gasteiger partial charge is 0.227 e. The van der Waals surface area contributed by atoms with Crippen molar-refractivity contribution in [3.05, 3.63) is 17.7 Å². The second kappa shape index (κ2) is 5.08. The van der Waals surface area contributed by atoms with Gasteiger partial charge >= 0.3 is 0 Å². The molecule has 0 spiro atoms. The molecule has 0 bridgehead atoms. The minimum Gasteiger partial charge on any atom is -0.489 e. The van der Waals surface area contributed by atoms with E-state index in [4.69, 9.17) is 10.5 Å². The van der Waals surface area contributed by atoms with Gasteiger partial charge in [0.2, 0.25) is 5.91 Å². The summed E-state index contributed by atoms with van der Waals surface area (Å²) in [6.45, 7) is 2.54. The van der Waals surface area contributed by atoms with Gasteiger partial charge in [-0.3, -0.25) is 4.79 Å². The zero-order valence-electron chi connectivity index (χ0n) is 10.1. The quantitative estimate of drug-likeness (QED) is 0.789. The van der Waals surface area contributed by atoms with E-state index in [1.54, 1.807) is 0 Å². The number of aryl methyl sites for hydroxylation is 1. The normalized spacial score (nSPS) is 14.5. The molecule has 0 saturated heterocycles. The lowest BCUT2D eigenvalue weighted by Gasteiger charge is -2.12. The Bertz CT molecular complexity index is 430. The highest BCUT2D eigenvalue weighted by Crippen LogP contribution is 2.35. The van der Waals surface area contributed by atoms with E-state index < -0.39 is 0 Å². The monoisotopic (exact) mass is 234 g/mol. The zero-order chi connectivity index (χ0) is 12.3. The number of ether oxygens (including phenoxy) is 1. The number of unbranched alkanes of at least 4 members (excludes halogenated alkanes) is 1. The molecule has 0 saturated carbocycles. The maximum absolute atomic E-state index is 11.5. The molecular weight excluding hydrogens is 216 g/mol. The van der Waals surface area contributed by atoms with Gasteiger partial charge in [-0.2, -0.15) is 0 Å². The molecule has 1 heterocycles. The third-order valence-corrected chi connectivity index (χ3v) is 2.85. The van der Waals surface area contributed by atoms with Crippen molar-refractivity contribution in [2.24, 2.45) is 0 Å². The summed E-state index contributed by atoms with van der Waals surface area (Å²) in [5.74, 6) is 0.590. The van der Waals surface area contributed by atoms with Crippen molar-refractivity contribution in [3.8, 4) is 5.75 Å². The van der Waals surface area contributed by atoms with Crippen LogP contribution in [0.4, 0.5) is 11.4 Å². The number of nitrogens with two attached hydrogens (primary N) is 1. The average Bonchev–Trinajstić information content (AvgIpc) is 2.47. The predicted molar refractivity (Wildman–Crippen MR) is 68.2 cm³/mol. The highest BCUT2D eigenvalue weighted by Gasteiger charge is 2.17. The molecule has 1 aliphatic heterocycles. The number of carbonyl (C=O) groups excluding carboxylic acids is 1. The molecule has 1 aromatic carbocycles. The molecule has 2 rings (SSSR count). The Morgan fingerprint density at radius 3 is 3.06 bits per heavy atom.